The van der Waals surface area contributed by atoms with Crippen molar-refractivity contribution in [3.63, 3.8) is 0 Å². The molecule has 3 heterocycles. The SMILES string of the molecule is N#Cc1ccc(N2C(=O)C(c3ccc(F)cc3)=C(N3CCN(c4ncccn4)CC3)C2=O)cc1. The highest BCUT2D eigenvalue weighted by Crippen LogP contribution is 2.35. The minimum atomic E-state index is -0.481. The third-order valence-corrected chi connectivity index (χ3v) is 5.88. The van der Waals surface area contributed by atoms with Gasteiger partial charge in [-0.25, -0.2) is 19.3 Å². The van der Waals surface area contributed by atoms with E-state index in [0.717, 1.165) is 4.90 Å². The number of nitrogens with zero attached hydrogens (tertiary/aromatic N) is 6. The number of rotatable bonds is 4. The molecule has 5 rings (SSSR count). The fraction of sp³-hybridized carbons (Fsp3) is 0.160. The summed E-state index contributed by atoms with van der Waals surface area (Å²) in [4.78, 5) is 40.7. The van der Waals surface area contributed by atoms with E-state index in [1.807, 2.05) is 15.9 Å². The summed E-state index contributed by atoms with van der Waals surface area (Å²) in [5.41, 5.74) is 1.79. The molecule has 1 saturated heterocycles. The molecule has 0 saturated carbocycles. The lowest BCUT2D eigenvalue weighted by Gasteiger charge is -2.36. The van der Waals surface area contributed by atoms with Crippen LogP contribution in [-0.4, -0.2) is 52.9 Å². The van der Waals surface area contributed by atoms with Crippen LogP contribution in [0.4, 0.5) is 16.0 Å². The van der Waals surface area contributed by atoms with Gasteiger partial charge in [-0.3, -0.25) is 9.59 Å². The Labute approximate surface area is 195 Å². The largest absolute Gasteiger partial charge is 0.363 e. The third kappa shape index (κ3) is 3.75. The van der Waals surface area contributed by atoms with Gasteiger partial charge < -0.3 is 9.80 Å². The summed E-state index contributed by atoms with van der Waals surface area (Å²) < 4.78 is 13.6. The highest BCUT2D eigenvalue weighted by atomic mass is 19.1. The second kappa shape index (κ2) is 8.75. The lowest BCUT2D eigenvalue weighted by Crippen LogP contribution is -2.48. The van der Waals surface area contributed by atoms with Crippen molar-refractivity contribution in [2.45, 2.75) is 0 Å². The number of halogens is 1. The zero-order valence-electron chi connectivity index (χ0n) is 18.1. The first-order valence-corrected chi connectivity index (χ1v) is 10.7. The van der Waals surface area contributed by atoms with E-state index in [-0.39, 0.29) is 11.3 Å². The van der Waals surface area contributed by atoms with E-state index in [1.54, 1.807) is 42.7 Å². The van der Waals surface area contributed by atoms with Crippen LogP contribution in [0.15, 0.2) is 72.7 Å². The molecule has 0 spiro atoms. The molecule has 2 aromatic carbocycles. The molecule has 0 bridgehead atoms. The first-order chi connectivity index (χ1) is 16.6. The summed E-state index contributed by atoms with van der Waals surface area (Å²) in [5.74, 6) is -0.741. The van der Waals surface area contributed by atoms with Gasteiger partial charge in [0.25, 0.3) is 11.8 Å². The van der Waals surface area contributed by atoms with Crippen LogP contribution in [0, 0.1) is 17.1 Å². The maximum atomic E-state index is 13.6. The molecule has 1 aromatic heterocycles. The summed E-state index contributed by atoms with van der Waals surface area (Å²) in [6, 6.07) is 15.6. The van der Waals surface area contributed by atoms with Crippen molar-refractivity contribution in [1.29, 1.82) is 5.26 Å². The Morgan fingerprint density at radius 3 is 2.06 bits per heavy atom. The molecule has 34 heavy (non-hydrogen) atoms. The summed E-state index contributed by atoms with van der Waals surface area (Å²) in [6.07, 6.45) is 3.36. The van der Waals surface area contributed by atoms with Gasteiger partial charge in [-0.05, 0) is 48.0 Å². The third-order valence-electron chi connectivity index (χ3n) is 5.88. The predicted molar refractivity (Wildman–Crippen MR) is 123 cm³/mol. The number of nitriles is 1. The summed E-state index contributed by atoms with van der Waals surface area (Å²) >= 11 is 0. The summed E-state index contributed by atoms with van der Waals surface area (Å²) in [6.45, 7) is 2.11. The van der Waals surface area contributed by atoms with Crippen LogP contribution in [0.25, 0.3) is 5.57 Å². The minimum Gasteiger partial charge on any atom is -0.363 e. The van der Waals surface area contributed by atoms with Crippen molar-refractivity contribution in [3.8, 4) is 6.07 Å². The molecule has 0 unspecified atom stereocenters. The molecule has 8 nitrogen and oxygen atoms in total. The zero-order valence-corrected chi connectivity index (χ0v) is 18.1. The Morgan fingerprint density at radius 1 is 0.824 bits per heavy atom. The van der Waals surface area contributed by atoms with E-state index in [4.69, 9.17) is 5.26 Å². The zero-order chi connectivity index (χ0) is 23.7. The van der Waals surface area contributed by atoms with Crippen molar-refractivity contribution in [2.24, 2.45) is 0 Å². The van der Waals surface area contributed by atoms with Crippen molar-refractivity contribution in [1.82, 2.24) is 14.9 Å². The van der Waals surface area contributed by atoms with Crippen molar-refractivity contribution in [3.05, 3.63) is 89.6 Å². The number of piperazine rings is 1. The summed E-state index contributed by atoms with van der Waals surface area (Å²) in [5, 5.41) is 9.07. The Bertz CT molecular complexity index is 1310. The molecular weight excluding hydrogens is 435 g/mol. The monoisotopic (exact) mass is 454 g/mol. The molecular formula is C25H19FN6O2. The van der Waals surface area contributed by atoms with E-state index >= 15 is 0 Å². The fourth-order valence-electron chi connectivity index (χ4n) is 4.19. The number of carbonyl (C=O) groups excluding carboxylic acids is 2. The van der Waals surface area contributed by atoms with Crippen LogP contribution >= 0.6 is 0 Å². The molecule has 3 aromatic rings. The number of imide groups is 1. The van der Waals surface area contributed by atoms with Crippen LogP contribution in [0.3, 0.4) is 0 Å². The molecule has 2 aliphatic heterocycles. The topological polar surface area (TPSA) is 93.4 Å². The Hall–Kier alpha value is -4.58. The van der Waals surface area contributed by atoms with E-state index < -0.39 is 17.6 Å². The minimum absolute atomic E-state index is 0.235. The van der Waals surface area contributed by atoms with Crippen LogP contribution in [0.2, 0.25) is 0 Å². The molecule has 2 amide bonds. The number of aromatic nitrogens is 2. The summed E-state index contributed by atoms with van der Waals surface area (Å²) in [7, 11) is 0. The predicted octanol–water partition coefficient (Wildman–Crippen LogP) is 2.59. The number of benzene rings is 2. The average Bonchev–Trinajstić information content (AvgIpc) is 3.15. The molecule has 1 fully saturated rings. The van der Waals surface area contributed by atoms with E-state index in [0.29, 0.717) is 48.9 Å². The number of anilines is 2. The van der Waals surface area contributed by atoms with Gasteiger partial charge in [-0.1, -0.05) is 12.1 Å². The van der Waals surface area contributed by atoms with Gasteiger partial charge >= 0.3 is 0 Å². The maximum Gasteiger partial charge on any atom is 0.282 e. The van der Waals surface area contributed by atoms with Gasteiger partial charge in [0.1, 0.15) is 11.5 Å². The Kier molecular flexibility index (Phi) is 5.47. The number of hydrogen-bond donors (Lipinski definition) is 0. The molecule has 0 atom stereocenters. The van der Waals surface area contributed by atoms with Crippen LogP contribution < -0.4 is 9.80 Å². The van der Waals surface area contributed by atoms with Gasteiger partial charge in [0.2, 0.25) is 5.95 Å². The smallest absolute Gasteiger partial charge is 0.282 e. The van der Waals surface area contributed by atoms with Gasteiger partial charge in [-0.15, -0.1) is 0 Å². The second-order valence-electron chi connectivity index (χ2n) is 7.86. The van der Waals surface area contributed by atoms with Crippen molar-refractivity contribution < 1.29 is 14.0 Å². The highest BCUT2D eigenvalue weighted by Gasteiger charge is 2.43. The standard InChI is InChI=1S/C25H19FN6O2/c26-19-6-4-18(5-7-19)21-22(30-12-14-31(15-13-30)25-28-10-1-11-29-25)24(34)32(23(21)33)20-8-2-17(16-27)3-9-20/h1-11H,12-15H2. The van der Waals surface area contributed by atoms with Crippen LogP contribution in [0.5, 0.6) is 0 Å². The maximum absolute atomic E-state index is 13.6. The van der Waals surface area contributed by atoms with Gasteiger partial charge in [0.15, 0.2) is 0 Å². The van der Waals surface area contributed by atoms with E-state index in [9.17, 15) is 14.0 Å². The van der Waals surface area contributed by atoms with E-state index in [1.165, 1.54) is 24.3 Å². The van der Waals surface area contributed by atoms with Gasteiger partial charge in [0, 0.05) is 38.6 Å². The molecule has 9 heteroatoms. The number of amides is 2. The van der Waals surface area contributed by atoms with Crippen LogP contribution in [-0.2, 0) is 9.59 Å². The lowest BCUT2D eigenvalue weighted by molar-refractivity contribution is -0.120. The average molecular weight is 454 g/mol. The highest BCUT2D eigenvalue weighted by molar-refractivity contribution is 6.45. The molecule has 0 aliphatic carbocycles. The Balaban J connectivity index is 1.50. The fourth-order valence-corrected chi connectivity index (χ4v) is 4.19. The lowest BCUT2D eigenvalue weighted by atomic mass is 10.0. The number of carbonyl (C=O) groups is 2. The molecule has 168 valence electrons. The molecule has 2 aliphatic rings. The second-order valence-corrected chi connectivity index (χ2v) is 7.86. The van der Waals surface area contributed by atoms with E-state index in [2.05, 4.69) is 9.97 Å². The number of hydrogen-bond acceptors (Lipinski definition) is 7. The van der Waals surface area contributed by atoms with Crippen LogP contribution in [0.1, 0.15) is 11.1 Å². The van der Waals surface area contributed by atoms with Gasteiger partial charge in [-0.2, -0.15) is 5.26 Å². The molecule has 0 radical (unpaired) electrons. The van der Waals surface area contributed by atoms with Crippen molar-refractivity contribution >= 4 is 29.0 Å². The Morgan fingerprint density at radius 2 is 1.44 bits per heavy atom. The van der Waals surface area contributed by atoms with Gasteiger partial charge in [0.05, 0.1) is 22.9 Å². The normalized spacial score (nSPS) is 16.3. The quantitative estimate of drug-likeness (QED) is 0.560. The first kappa shape index (κ1) is 21.3. The first-order valence-electron chi connectivity index (χ1n) is 10.7. The molecule has 0 N–H and O–H groups in total. The van der Waals surface area contributed by atoms with Crippen molar-refractivity contribution in [2.75, 3.05) is 36.0 Å².